The predicted molar refractivity (Wildman–Crippen MR) is 116 cm³/mol. The lowest BCUT2D eigenvalue weighted by atomic mass is 10.0. The molecule has 2 aromatic carbocycles. The van der Waals surface area contributed by atoms with E-state index < -0.39 is 0 Å². The Balaban J connectivity index is 1.74. The van der Waals surface area contributed by atoms with E-state index in [9.17, 15) is 5.11 Å². The summed E-state index contributed by atoms with van der Waals surface area (Å²) in [6, 6.07) is 18.5. The minimum absolute atomic E-state index is 0.130. The standard InChI is InChI=1S/C24H23N3O3/c1-29-19-8-9-23(28)21(13-19)22-11-18(17-6-4-16(14-25)5-7-17)12-24(27-22)26-15-20-3-2-10-30-20/h4-9,11-13,20,28H,2-3,10,15H2,1H3,(H,26,27). The summed E-state index contributed by atoms with van der Waals surface area (Å²) in [7, 11) is 1.59. The van der Waals surface area contributed by atoms with Crippen LogP contribution in [0.4, 0.5) is 5.82 Å². The van der Waals surface area contributed by atoms with Crippen LogP contribution in [-0.4, -0.2) is 36.5 Å². The Kier molecular flexibility index (Phi) is 5.82. The number of methoxy groups -OCH3 is 1. The molecule has 1 aliphatic heterocycles. The molecule has 1 aliphatic rings. The first-order valence-electron chi connectivity index (χ1n) is 9.92. The van der Waals surface area contributed by atoms with Crippen molar-refractivity contribution in [2.45, 2.75) is 18.9 Å². The summed E-state index contributed by atoms with van der Waals surface area (Å²) in [5, 5.41) is 22.9. The summed E-state index contributed by atoms with van der Waals surface area (Å²) < 4.78 is 11.0. The average molecular weight is 401 g/mol. The molecule has 4 rings (SSSR count). The number of rotatable bonds is 6. The predicted octanol–water partition coefficient (Wildman–Crippen LogP) is 4.59. The Morgan fingerprint density at radius 3 is 2.70 bits per heavy atom. The van der Waals surface area contributed by atoms with E-state index in [4.69, 9.17) is 19.7 Å². The fourth-order valence-electron chi connectivity index (χ4n) is 3.53. The smallest absolute Gasteiger partial charge is 0.127 e. The van der Waals surface area contributed by atoms with Crippen LogP contribution in [0.2, 0.25) is 0 Å². The van der Waals surface area contributed by atoms with E-state index in [2.05, 4.69) is 11.4 Å². The second-order valence-electron chi connectivity index (χ2n) is 7.21. The number of nitrogens with zero attached hydrogens (tertiary/aromatic N) is 2. The second kappa shape index (κ2) is 8.85. The zero-order valence-corrected chi connectivity index (χ0v) is 16.8. The highest BCUT2D eigenvalue weighted by molar-refractivity contribution is 5.77. The van der Waals surface area contributed by atoms with Gasteiger partial charge in [0.15, 0.2) is 0 Å². The van der Waals surface area contributed by atoms with Gasteiger partial charge in [0.1, 0.15) is 17.3 Å². The first-order valence-corrected chi connectivity index (χ1v) is 9.92. The molecule has 6 heteroatoms. The van der Waals surface area contributed by atoms with Crippen molar-refractivity contribution >= 4 is 5.82 Å². The Bertz CT molecular complexity index is 1070. The monoisotopic (exact) mass is 401 g/mol. The number of phenols is 1. The number of nitriles is 1. The van der Waals surface area contributed by atoms with Gasteiger partial charge < -0.3 is 19.9 Å². The second-order valence-corrected chi connectivity index (χ2v) is 7.21. The number of hydrogen-bond acceptors (Lipinski definition) is 6. The first kappa shape index (κ1) is 19.7. The van der Waals surface area contributed by atoms with E-state index in [1.165, 1.54) is 0 Å². The highest BCUT2D eigenvalue weighted by Crippen LogP contribution is 2.35. The molecular weight excluding hydrogens is 378 g/mol. The van der Waals surface area contributed by atoms with Crippen molar-refractivity contribution in [2.75, 3.05) is 25.6 Å². The van der Waals surface area contributed by atoms with E-state index in [-0.39, 0.29) is 11.9 Å². The van der Waals surface area contributed by atoms with Gasteiger partial charge in [-0.2, -0.15) is 5.26 Å². The van der Waals surface area contributed by atoms with Crippen LogP contribution < -0.4 is 10.1 Å². The van der Waals surface area contributed by atoms with Crippen LogP contribution in [0.1, 0.15) is 18.4 Å². The van der Waals surface area contributed by atoms with Crippen LogP contribution in [0.3, 0.4) is 0 Å². The number of aromatic hydroxyl groups is 1. The summed E-state index contributed by atoms with van der Waals surface area (Å²) >= 11 is 0. The SMILES string of the molecule is COc1ccc(O)c(-c2cc(-c3ccc(C#N)cc3)cc(NCC3CCCO3)n2)c1. The third-order valence-electron chi connectivity index (χ3n) is 5.19. The van der Waals surface area contributed by atoms with Crippen molar-refractivity contribution in [3.63, 3.8) is 0 Å². The van der Waals surface area contributed by atoms with Gasteiger partial charge in [-0.15, -0.1) is 0 Å². The fourth-order valence-corrected chi connectivity index (χ4v) is 3.53. The van der Waals surface area contributed by atoms with Gasteiger partial charge in [0.25, 0.3) is 0 Å². The number of benzene rings is 2. The van der Waals surface area contributed by atoms with Crippen molar-refractivity contribution in [3.05, 3.63) is 60.2 Å². The van der Waals surface area contributed by atoms with E-state index in [1.54, 1.807) is 37.4 Å². The zero-order chi connectivity index (χ0) is 20.9. The molecule has 0 amide bonds. The zero-order valence-electron chi connectivity index (χ0n) is 16.8. The van der Waals surface area contributed by atoms with E-state index in [0.717, 1.165) is 30.6 Å². The molecule has 1 fully saturated rings. The normalized spacial score (nSPS) is 15.5. The quantitative estimate of drug-likeness (QED) is 0.628. The largest absolute Gasteiger partial charge is 0.507 e. The van der Waals surface area contributed by atoms with Gasteiger partial charge in [-0.3, -0.25) is 0 Å². The lowest BCUT2D eigenvalue weighted by molar-refractivity contribution is 0.120. The van der Waals surface area contributed by atoms with Crippen molar-refractivity contribution in [1.82, 2.24) is 4.98 Å². The van der Waals surface area contributed by atoms with Gasteiger partial charge in [0.05, 0.1) is 30.5 Å². The number of phenolic OH excluding ortho intramolecular Hbond substituents is 1. The maximum absolute atomic E-state index is 10.4. The Hall–Kier alpha value is -3.56. The van der Waals surface area contributed by atoms with Crippen molar-refractivity contribution < 1.29 is 14.6 Å². The molecule has 1 unspecified atom stereocenters. The van der Waals surface area contributed by atoms with Gasteiger partial charge in [-0.25, -0.2) is 4.98 Å². The topological polar surface area (TPSA) is 87.4 Å². The molecule has 0 saturated carbocycles. The molecule has 0 aliphatic carbocycles. The lowest BCUT2D eigenvalue weighted by Crippen LogP contribution is -2.19. The molecule has 1 atom stereocenters. The number of ether oxygens (including phenoxy) is 2. The number of nitrogens with one attached hydrogen (secondary N) is 1. The molecule has 2 N–H and O–H groups in total. The number of hydrogen-bond donors (Lipinski definition) is 2. The minimum Gasteiger partial charge on any atom is -0.507 e. The number of pyridine rings is 1. The van der Waals surface area contributed by atoms with Crippen molar-refractivity contribution in [3.8, 4) is 40.0 Å². The van der Waals surface area contributed by atoms with Crippen LogP contribution in [0.5, 0.6) is 11.5 Å². The van der Waals surface area contributed by atoms with Crippen LogP contribution in [-0.2, 0) is 4.74 Å². The molecule has 30 heavy (non-hydrogen) atoms. The van der Waals surface area contributed by atoms with Crippen LogP contribution >= 0.6 is 0 Å². The summed E-state index contributed by atoms with van der Waals surface area (Å²) in [5.41, 5.74) is 3.71. The minimum atomic E-state index is 0.130. The van der Waals surface area contributed by atoms with Gasteiger partial charge in [0, 0.05) is 18.7 Å². The maximum Gasteiger partial charge on any atom is 0.127 e. The third kappa shape index (κ3) is 4.37. The van der Waals surface area contributed by atoms with Crippen molar-refractivity contribution in [1.29, 1.82) is 5.26 Å². The van der Waals surface area contributed by atoms with E-state index >= 15 is 0 Å². The fraction of sp³-hybridized carbons (Fsp3) is 0.250. The summed E-state index contributed by atoms with van der Waals surface area (Å²) in [5.74, 6) is 1.47. The Morgan fingerprint density at radius 2 is 2.00 bits per heavy atom. The van der Waals surface area contributed by atoms with Gasteiger partial charge in [0.2, 0.25) is 0 Å². The number of anilines is 1. The molecule has 1 aromatic heterocycles. The molecule has 0 bridgehead atoms. The van der Waals surface area contributed by atoms with Crippen LogP contribution in [0.15, 0.2) is 54.6 Å². The summed E-state index contributed by atoms with van der Waals surface area (Å²) in [6.45, 7) is 1.47. The molecule has 0 radical (unpaired) electrons. The molecule has 1 saturated heterocycles. The molecule has 3 aromatic rings. The lowest BCUT2D eigenvalue weighted by Gasteiger charge is -2.15. The number of aromatic nitrogens is 1. The van der Waals surface area contributed by atoms with Crippen LogP contribution in [0.25, 0.3) is 22.4 Å². The molecule has 6 nitrogen and oxygen atoms in total. The Labute approximate surface area is 175 Å². The van der Waals surface area contributed by atoms with Gasteiger partial charge in [-0.05, 0) is 66.4 Å². The summed E-state index contributed by atoms with van der Waals surface area (Å²) in [6.07, 6.45) is 2.29. The molecule has 2 heterocycles. The maximum atomic E-state index is 10.4. The third-order valence-corrected chi connectivity index (χ3v) is 5.19. The summed E-state index contributed by atoms with van der Waals surface area (Å²) in [4.78, 5) is 4.73. The first-order chi connectivity index (χ1) is 14.7. The molecular formula is C24H23N3O3. The van der Waals surface area contributed by atoms with E-state index in [0.29, 0.717) is 34.9 Å². The molecule has 152 valence electrons. The van der Waals surface area contributed by atoms with Crippen molar-refractivity contribution in [2.24, 2.45) is 0 Å². The van der Waals surface area contributed by atoms with Gasteiger partial charge >= 0.3 is 0 Å². The Morgan fingerprint density at radius 1 is 1.17 bits per heavy atom. The highest BCUT2D eigenvalue weighted by Gasteiger charge is 2.16. The average Bonchev–Trinajstić information content (AvgIpc) is 3.31. The van der Waals surface area contributed by atoms with Gasteiger partial charge in [-0.1, -0.05) is 12.1 Å². The highest BCUT2D eigenvalue weighted by atomic mass is 16.5. The molecule has 0 spiro atoms. The van der Waals surface area contributed by atoms with E-state index in [1.807, 2.05) is 24.3 Å². The van der Waals surface area contributed by atoms with Crippen LogP contribution in [0, 0.1) is 11.3 Å².